The standard InChI is InChI=1S/C8H7ClO4.BH2O3.Li/c9-5-12-13-7-4-2-1-3-6(7)8(10)11;2-1(3)4;/h1-4H,5H2,(H,10,11);2-3H;/q;-1;+1. The monoisotopic (exact) mass is 270 g/mol. The van der Waals surface area contributed by atoms with Crippen molar-refractivity contribution in [3.8, 4) is 5.75 Å². The molecule has 0 aliphatic rings. The van der Waals surface area contributed by atoms with Gasteiger partial charge in [-0.1, -0.05) is 23.7 Å². The summed E-state index contributed by atoms with van der Waals surface area (Å²) >= 11 is 5.19. The molecule has 0 fully saturated rings. The van der Waals surface area contributed by atoms with Crippen LogP contribution in [0.25, 0.3) is 0 Å². The third-order valence-electron chi connectivity index (χ3n) is 1.31. The van der Waals surface area contributed by atoms with Crippen LogP contribution in [0.3, 0.4) is 0 Å². The van der Waals surface area contributed by atoms with Crippen LogP contribution in [0.15, 0.2) is 24.3 Å². The van der Waals surface area contributed by atoms with Crippen molar-refractivity contribution >= 4 is 24.9 Å². The summed E-state index contributed by atoms with van der Waals surface area (Å²) < 4.78 is 0. The summed E-state index contributed by atoms with van der Waals surface area (Å²) in [6.45, 7) is 0. The first kappa shape index (κ1) is 19.6. The van der Waals surface area contributed by atoms with E-state index in [-0.39, 0.29) is 36.2 Å². The topological polar surface area (TPSA) is 119 Å². The van der Waals surface area contributed by atoms with E-state index in [1.54, 1.807) is 12.1 Å². The van der Waals surface area contributed by atoms with Gasteiger partial charge in [-0.15, -0.1) is 0 Å². The molecule has 0 aliphatic heterocycles. The summed E-state index contributed by atoms with van der Waals surface area (Å²) in [6, 6.07) is 5.97. The van der Waals surface area contributed by atoms with Crippen molar-refractivity contribution in [1.82, 2.24) is 0 Å². The van der Waals surface area contributed by atoms with Crippen molar-refractivity contribution in [2.75, 3.05) is 6.07 Å². The van der Waals surface area contributed by atoms with E-state index in [1.165, 1.54) is 12.1 Å². The summed E-state index contributed by atoms with van der Waals surface area (Å²) in [5.74, 6) is -0.940. The quantitative estimate of drug-likeness (QED) is 0.222. The van der Waals surface area contributed by atoms with Crippen molar-refractivity contribution in [2.24, 2.45) is 0 Å². The number of alkyl halides is 1. The molecule has 0 atom stereocenters. The zero-order valence-electron chi connectivity index (χ0n) is 9.45. The molecule has 0 radical (unpaired) electrons. The summed E-state index contributed by atoms with van der Waals surface area (Å²) in [5.41, 5.74) is 0.0348. The Morgan fingerprint density at radius 3 is 2.33 bits per heavy atom. The van der Waals surface area contributed by atoms with E-state index in [9.17, 15) is 4.79 Å². The molecule has 0 unspecified atom stereocenters. The van der Waals surface area contributed by atoms with Crippen LogP contribution >= 0.6 is 11.6 Å². The van der Waals surface area contributed by atoms with Gasteiger partial charge in [0.05, 0.1) is 0 Å². The van der Waals surface area contributed by atoms with E-state index in [0.717, 1.165) is 0 Å². The van der Waals surface area contributed by atoms with Gasteiger partial charge in [-0.25, -0.2) is 4.79 Å². The Kier molecular flexibility index (Phi) is 12.4. The first-order chi connectivity index (χ1) is 7.99. The Morgan fingerprint density at radius 1 is 1.39 bits per heavy atom. The molecule has 0 aromatic heterocycles. The van der Waals surface area contributed by atoms with Crippen molar-refractivity contribution in [2.45, 2.75) is 0 Å². The molecule has 3 N–H and O–H groups in total. The van der Waals surface area contributed by atoms with E-state index in [1.807, 2.05) is 0 Å². The van der Waals surface area contributed by atoms with E-state index in [0.29, 0.717) is 0 Å². The minimum atomic E-state index is -2.42. The molecule has 0 bridgehead atoms. The number of carbonyl (C=O) groups is 1. The first-order valence-electron chi connectivity index (χ1n) is 4.18. The minimum Gasteiger partial charge on any atom is -0.832 e. The van der Waals surface area contributed by atoms with Gasteiger partial charge in [-0.3, -0.25) is 0 Å². The summed E-state index contributed by atoms with van der Waals surface area (Å²) in [6.07, 6.45) is 0. The number of benzene rings is 1. The van der Waals surface area contributed by atoms with E-state index >= 15 is 0 Å². The average molecular weight is 270 g/mol. The van der Waals surface area contributed by atoms with Crippen LogP contribution in [0.1, 0.15) is 10.4 Å². The van der Waals surface area contributed by atoms with Gasteiger partial charge in [-0.05, 0) is 12.1 Å². The van der Waals surface area contributed by atoms with Crippen LogP contribution in [-0.4, -0.2) is 34.5 Å². The largest absolute Gasteiger partial charge is 1.00 e. The Labute approximate surface area is 120 Å². The van der Waals surface area contributed by atoms with Gasteiger partial charge in [0.25, 0.3) is 0 Å². The number of para-hydroxylation sites is 1. The maximum absolute atomic E-state index is 10.6. The smallest absolute Gasteiger partial charge is 0.832 e. The number of carboxylic acid groups (broad SMARTS) is 1. The molecule has 10 heteroatoms. The maximum Gasteiger partial charge on any atom is 1.00 e. The zero-order valence-corrected chi connectivity index (χ0v) is 10.2. The Hall–Kier alpha value is -0.718. The Balaban J connectivity index is 0. The molecule has 1 rings (SSSR count). The average Bonchev–Trinajstić information content (AvgIpc) is 2.25. The predicted molar refractivity (Wildman–Crippen MR) is 56.0 cm³/mol. The zero-order chi connectivity index (χ0) is 13.3. The van der Waals surface area contributed by atoms with Gasteiger partial charge < -0.3 is 25.1 Å². The van der Waals surface area contributed by atoms with Crippen LogP contribution < -0.4 is 28.8 Å². The molecule has 1 aromatic rings. The van der Waals surface area contributed by atoms with E-state index in [2.05, 4.69) is 9.78 Å². The number of carboxylic acids is 1. The number of aromatic carboxylic acids is 1. The van der Waals surface area contributed by atoms with Gasteiger partial charge in [0.2, 0.25) is 0 Å². The van der Waals surface area contributed by atoms with Crippen LogP contribution in [0, 0.1) is 0 Å². The van der Waals surface area contributed by atoms with E-state index in [4.69, 9.17) is 31.8 Å². The van der Waals surface area contributed by atoms with E-state index < -0.39 is 13.3 Å². The van der Waals surface area contributed by atoms with Crippen LogP contribution in [0.4, 0.5) is 0 Å². The second-order valence-electron chi connectivity index (χ2n) is 2.44. The number of rotatable bonds is 4. The molecule has 0 saturated heterocycles. The van der Waals surface area contributed by atoms with Gasteiger partial charge in [0.1, 0.15) is 5.56 Å². The fourth-order valence-electron chi connectivity index (χ4n) is 0.802. The van der Waals surface area contributed by atoms with Crippen molar-refractivity contribution in [1.29, 1.82) is 0 Å². The van der Waals surface area contributed by atoms with Gasteiger partial charge in [0.15, 0.2) is 11.8 Å². The molecule has 0 saturated carbocycles. The first-order valence-corrected chi connectivity index (χ1v) is 4.72. The molecule has 0 spiro atoms. The molecule has 0 amide bonds. The van der Waals surface area contributed by atoms with Crippen molar-refractivity contribution in [3.63, 3.8) is 0 Å². The molecule has 0 heterocycles. The fourth-order valence-corrected chi connectivity index (χ4v) is 0.846. The Bertz CT molecular complexity index is 349. The maximum atomic E-state index is 10.6. The summed E-state index contributed by atoms with van der Waals surface area (Å²) in [5, 5.41) is 31.4. The molecular weight excluding hydrogens is 261 g/mol. The number of hydrogen-bond acceptors (Lipinski definition) is 6. The summed E-state index contributed by atoms with van der Waals surface area (Å²) in [7, 11) is -2.42. The molecule has 94 valence electrons. The van der Waals surface area contributed by atoms with Crippen molar-refractivity contribution in [3.05, 3.63) is 29.8 Å². The van der Waals surface area contributed by atoms with Gasteiger partial charge >= 0.3 is 32.2 Å². The number of halogens is 1. The SMILES string of the molecule is O=C(O)c1ccccc1OOCCl.[Li+].[O-]B(O)O. The number of hydrogen-bond donors (Lipinski definition) is 3. The van der Waals surface area contributed by atoms with Crippen LogP contribution in [-0.2, 0) is 4.89 Å². The fraction of sp³-hybridized carbons (Fsp3) is 0.125. The second kappa shape index (κ2) is 11.4. The Morgan fingerprint density at radius 2 is 1.89 bits per heavy atom. The van der Waals surface area contributed by atoms with Crippen molar-refractivity contribution < 1.29 is 53.6 Å². The van der Waals surface area contributed by atoms with Gasteiger partial charge in [-0.2, -0.15) is 4.89 Å². The molecule has 18 heavy (non-hydrogen) atoms. The second-order valence-corrected chi connectivity index (χ2v) is 2.66. The minimum absolute atomic E-state index is 0. The van der Waals surface area contributed by atoms with Gasteiger partial charge in [0, 0.05) is 0 Å². The summed E-state index contributed by atoms with van der Waals surface area (Å²) in [4.78, 5) is 19.7. The molecule has 0 aliphatic carbocycles. The normalized spacial score (nSPS) is 8.44. The molecule has 7 nitrogen and oxygen atoms in total. The molecule has 1 aromatic carbocycles. The predicted octanol–water partition coefficient (Wildman–Crippen LogP) is -3.79. The third kappa shape index (κ3) is 9.33. The molecular formula is C8H9BClLiO7. The van der Waals surface area contributed by atoms with Crippen LogP contribution in [0.2, 0.25) is 0 Å². The third-order valence-corrected chi connectivity index (χ3v) is 1.40. The van der Waals surface area contributed by atoms with Crippen LogP contribution in [0.5, 0.6) is 5.75 Å².